The Morgan fingerprint density at radius 1 is 1.53 bits per heavy atom. The summed E-state index contributed by atoms with van der Waals surface area (Å²) in [5, 5.41) is 0. The van der Waals surface area contributed by atoms with Crippen LogP contribution in [0.25, 0.3) is 0 Å². The number of hydrogen-bond donors (Lipinski definition) is 1. The molecule has 0 atom stereocenters. The smallest absolute Gasteiger partial charge is 0.357 e. The molecule has 0 unspecified atom stereocenters. The van der Waals surface area contributed by atoms with Gasteiger partial charge in [-0.05, 0) is 0 Å². The number of esters is 1. The van der Waals surface area contributed by atoms with E-state index >= 15 is 0 Å². The molecule has 0 aliphatic heterocycles. The normalized spacial score (nSPS) is 10.5. The second-order valence-electron chi connectivity index (χ2n) is 3.08. The Balaban J connectivity index is 3.47. The average Bonchev–Trinajstić information content (AvgIpc) is 2.35. The van der Waals surface area contributed by atoms with Crippen molar-refractivity contribution in [1.82, 2.24) is 4.98 Å². The van der Waals surface area contributed by atoms with Gasteiger partial charge in [-0.15, -0.1) is 0 Å². The largest absolute Gasteiger partial charge is 0.496 e. The van der Waals surface area contributed by atoms with E-state index in [-0.39, 0.29) is 12.3 Å². The molecule has 0 aliphatic rings. The van der Waals surface area contributed by atoms with Crippen molar-refractivity contribution in [1.29, 1.82) is 0 Å². The summed E-state index contributed by atoms with van der Waals surface area (Å²) in [4.78, 5) is 14.9. The highest BCUT2D eigenvalue weighted by molar-refractivity contribution is 5.89. The molecule has 1 aromatic heterocycles. The third-order valence-corrected chi connectivity index (χ3v) is 2.16. The van der Waals surface area contributed by atoms with Gasteiger partial charge in [-0.25, -0.2) is 18.6 Å². The number of alkyl halides is 2. The maximum absolute atomic E-state index is 12.9. The topological polar surface area (TPSA) is 74.4 Å². The molecule has 0 saturated heterocycles. The lowest BCUT2D eigenvalue weighted by molar-refractivity contribution is 0.0580. The Kier molecular flexibility index (Phi) is 4.33. The van der Waals surface area contributed by atoms with E-state index in [1.807, 2.05) is 0 Å². The number of pyridine rings is 1. The third kappa shape index (κ3) is 2.50. The van der Waals surface area contributed by atoms with Crippen LogP contribution in [0.3, 0.4) is 0 Å². The number of ether oxygens (including phenoxy) is 2. The molecule has 0 aliphatic carbocycles. The molecule has 1 rings (SSSR count). The summed E-state index contributed by atoms with van der Waals surface area (Å²) >= 11 is 0. The fourth-order valence-electron chi connectivity index (χ4n) is 1.40. The Bertz CT molecular complexity index is 424. The van der Waals surface area contributed by atoms with Gasteiger partial charge in [-0.3, -0.25) is 0 Å². The summed E-state index contributed by atoms with van der Waals surface area (Å²) in [6, 6.07) is 0. The summed E-state index contributed by atoms with van der Waals surface area (Å²) < 4.78 is 35.1. The molecular formula is C10H12F2N2O3. The van der Waals surface area contributed by atoms with E-state index in [2.05, 4.69) is 9.72 Å². The molecule has 0 amide bonds. The molecule has 94 valence electrons. The molecule has 0 fully saturated rings. The van der Waals surface area contributed by atoms with Gasteiger partial charge in [0.2, 0.25) is 0 Å². The van der Waals surface area contributed by atoms with Crippen molar-refractivity contribution >= 4 is 5.97 Å². The van der Waals surface area contributed by atoms with Gasteiger partial charge < -0.3 is 15.2 Å². The number of nitrogens with zero attached hydrogens (tertiary/aromatic N) is 1. The Labute approximate surface area is 96.5 Å². The predicted octanol–water partition coefficient (Wildman–Crippen LogP) is 1.27. The van der Waals surface area contributed by atoms with Crippen LogP contribution in [0.15, 0.2) is 6.20 Å². The van der Waals surface area contributed by atoms with E-state index < -0.39 is 23.7 Å². The minimum absolute atomic E-state index is 0.0165. The predicted molar refractivity (Wildman–Crippen MR) is 55.0 cm³/mol. The minimum atomic E-state index is -2.90. The van der Waals surface area contributed by atoms with Crippen LogP contribution in [-0.2, 0) is 11.3 Å². The van der Waals surface area contributed by atoms with E-state index in [1.165, 1.54) is 13.3 Å². The van der Waals surface area contributed by atoms with Gasteiger partial charge in [0, 0.05) is 18.3 Å². The van der Waals surface area contributed by atoms with Crippen molar-refractivity contribution in [3.63, 3.8) is 0 Å². The molecule has 5 nitrogen and oxygen atoms in total. The van der Waals surface area contributed by atoms with Gasteiger partial charge in [0.1, 0.15) is 5.75 Å². The summed E-state index contributed by atoms with van der Waals surface area (Å²) in [6.07, 6.45) is -1.69. The standard InChI is InChI=1S/C10H12F2N2O3/c1-16-8-5(3-13)4-14-7(10(15)17-2)6(8)9(11)12/h4,9H,3,13H2,1-2H3. The van der Waals surface area contributed by atoms with Gasteiger partial charge in [-0.2, -0.15) is 0 Å². The van der Waals surface area contributed by atoms with Gasteiger partial charge in [0.25, 0.3) is 6.43 Å². The summed E-state index contributed by atoms with van der Waals surface area (Å²) in [7, 11) is 2.31. The summed E-state index contributed by atoms with van der Waals surface area (Å²) in [6.45, 7) is -0.0165. The molecule has 17 heavy (non-hydrogen) atoms. The molecule has 0 aromatic carbocycles. The fourth-order valence-corrected chi connectivity index (χ4v) is 1.40. The van der Waals surface area contributed by atoms with Crippen LogP contribution in [0.4, 0.5) is 8.78 Å². The van der Waals surface area contributed by atoms with Gasteiger partial charge in [0.15, 0.2) is 5.69 Å². The number of aromatic nitrogens is 1. The number of halogens is 2. The Morgan fingerprint density at radius 3 is 2.59 bits per heavy atom. The number of carbonyl (C=O) groups is 1. The van der Waals surface area contributed by atoms with Crippen LogP contribution in [0, 0.1) is 0 Å². The molecule has 0 radical (unpaired) electrons. The first-order valence-corrected chi connectivity index (χ1v) is 4.69. The first-order chi connectivity index (χ1) is 8.06. The highest BCUT2D eigenvalue weighted by Crippen LogP contribution is 2.34. The van der Waals surface area contributed by atoms with Crippen molar-refractivity contribution in [2.45, 2.75) is 13.0 Å². The molecule has 0 bridgehead atoms. The molecular weight excluding hydrogens is 234 g/mol. The number of methoxy groups -OCH3 is 2. The summed E-state index contributed by atoms with van der Waals surface area (Å²) in [5.41, 5.74) is 4.62. The average molecular weight is 246 g/mol. The highest BCUT2D eigenvalue weighted by Gasteiger charge is 2.27. The van der Waals surface area contributed by atoms with Gasteiger partial charge in [0.05, 0.1) is 19.8 Å². The monoisotopic (exact) mass is 246 g/mol. The first kappa shape index (κ1) is 13.3. The van der Waals surface area contributed by atoms with E-state index in [0.29, 0.717) is 5.56 Å². The molecule has 7 heteroatoms. The van der Waals surface area contributed by atoms with Crippen molar-refractivity contribution in [2.75, 3.05) is 14.2 Å². The van der Waals surface area contributed by atoms with Crippen LogP contribution in [0.5, 0.6) is 5.75 Å². The lowest BCUT2D eigenvalue weighted by Gasteiger charge is -2.14. The third-order valence-electron chi connectivity index (χ3n) is 2.16. The van der Waals surface area contributed by atoms with Gasteiger partial charge >= 0.3 is 5.97 Å². The molecule has 2 N–H and O–H groups in total. The van der Waals surface area contributed by atoms with E-state index in [0.717, 1.165) is 7.11 Å². The number of hydrogen-bond acceptors (Lipinski definition) is 5. The molecule has 0 spiro atoms. The Morgan fingerprint density at radius 2 is 2.18 bits per heavy atom. The molecule has 1 aromatic rings. The van der Waals surface area contributed by atoms with Crippen LogP contribution in [0.2, 0.25) is 0 Å². The quantitative estimate of drug-likeness (QED) is 0.810. The van der Waals surface area contributed by atoms with Gasteiger partial charge in [-0.1, -0.05) is 0 Å². The van der Waals surface area contributed by atoms with Crippen molar-refractivity contribution in [2.24, 2.45) is 5.73 Å². The number of rotatable bonds is 4. The summed E-state index contributed by atoms with van der Waals surface area (Å²) in [5.74, 6) is -1.07. The van der Waals surface area contributed by atoms with Crippen molar-refractivity contribution < 1.29 is 23.0 Å². The molecule has 1 heterocycles. The maximum Gasteiger partial charge on any atom is 0.357 e. The lowest BCUT2D eigenvalue weighted by atomic mass is 10.1. The van der Waals surface area contributed by atoms with E-state index in [4.69, 9.17) is 10.5 Å². The van der Waals surface area contributed by atoms with Crippen molar-refractivity contribution in [3.8, 4) is 5.75 Å². The van der Waals surface area contributed by atoms with Crippen molar-refractivity contribution in [3.05, 3.63) is 23.0 Å². The van der Waals surface area contributed by atoms with E-state index in [9.17, 15) is 13.6 Å². The van der Waals surface area contributed by atoms with Crippen LogP contribution >= 0.6 is 0 Å². The maximum atomic E-state index is 12.9. The Hall–Kier alpha value is -1.76. The lowest BCUT2D eigenvalue weighted by Crippen LogP contribution is -2.13. The fraction of sp³-hybridized carbons (Fsp3) is 0.400. The second-order valence-corrected chi connectivity index (χ2v) is 3.08. The van der Waals surface area contributed by atoms with Crippen LogP contribution in [0.1, 0.15) is 28.0 Å². The highest BCUT2D eigenvalue weighted by atomic mass is 19.3. The minimum Gasteiger partial charge on any atom is -0.496 e. The number of carbonyl (C=O) groups excluding carboxylic acids is 1. The number of nitrogens with two attached hydrogens (primary N) is 1. The zero-order valence-electron chi connectivity index (χ0n) is 9.37. The molecule has 0 saturated carbocycles. The SMILES string of the molecule is COC(=O)c1ncc(CN)c(OC)c1C(F)F. The zero-order valence-corrected chi connectivity index (χ0v) is 9.37. The first-order valence-electron chi connectivity index (χ1n) is 4.69. The van der Waals surface area contributed by atoms with E-state index in [1.54, 1.807) is 0 Å². The van der Waals surface area contributed by atoms with Crippen LogP contribution in [-0.4, -0.2) is 25.2 Å². The van der Waals surface area contributed by atoms with Crippen LogP contribution < -0.4 is 10.5 Å². The second kappa shape index (κ2) is 5.53. The zero-order chi connectivity index (χ0) is 13.0.